The average Bonchev–Trinajstić information content (AvgIpc) is 3.08. The van der Waals surface area contributed by atoms with Crippen LogP contribution in [0.4, 0.5) is 5.69 Å². The highest BCUT2D eigenvalue weighted by Crippen LogP contribution is 2.26. The Hall–Kier alpha value is -3.42. The van der Waals surface area contributed by atoms with Gasteiger partial charge in [0.05, 0.1) is 22.0 Å². The summed E-state index contributed by atoms with van der Waals surface area (Å²) in [7, 11) is 0. The van der Waals surface area contributed by atoms with Crippen LogP contribution in [-0.2, 0) is 4.79 Å². The second-order valence-corrected chi connectivity index (χ2v) is 6.44. The Bertz CT molecular complexity index is 934. The molecule has 3 aromatic rings. The molecule has 140 valence electrons. The molecule has 3 rings (SSSR count). The predicted octanol–water partition coefficient (Wildman–Crippen LogP) is 3.36. The van der Waals surface area contributed by atoms with Crippen LogP contribution in [0.25, 0.3) is 11.0 Å². The van der Waals surface area contributed by atoms with E-state index >= 15 is 0 Å². The number of imidazole rings is 1. The molecule has 0 spiro atoms. The number of nitro benzene ring substituents is 1. The van der Waals surface area contributed by atoms with Crippen molar-refractivity contribution in [3.8, 4) is 5.75 Å². The molecule has 0 bridgehead atoms. The molecule has 0 unspecified atom stereocenters. The van der Waals surface area contributed by atoms with Gasteiger partial charge in [0, 0.05) is 6.07 Å². The third-order valence-electron chi connectivity index (χ3n) is 4.11. The van der Waals surface area contributed by atoms with Crippen molar-refractivity contribution in [2.24, 2.45) is 5.92 Å². The topological polar surface area (TPSA) is 110 Å². The summed E-state index contributed by atoms with van der Waals surface area (Å²) in [4.78, 5) is 30.6. The molecule has 1 amide bonds. The van der Waals surface area contributed by atoms with Crippen molar-refractivity contribution in [1.82, 2.24) is 15.3 Å². The molecule has 1 heterocycles. The highest BCUT2D eigenvalue weighted by Gasteiger charge is 2.22. The SMILES string of the molecule is CC(C)[C@H](NC(=O)COc1ccccc1[N+](=O)[O-])c1nc2ccccc2[nH]1. The standard InChI is InChI=1S/C19H20N4O4/c1-12(2)18(19-20-13-7-3-4-8-14(13)21-19)22-17(24)11-27-16-10-6-5-9-15(16)23(25)26/h3-10,12,18H,11H2,1-2H3,(H,20,21)(H,22,24)/t18-/m0/s1. The van der Waals surface area contributed by atoms with Crippen molar-refractivity contribution in [2.45, 2.75) is 19.9 Å². The van der Waals surface area contributed by atoms with Gasteiger partial charge in [0.1, 0.15) is 5.82 Å². The number of benzene rings is 2. The number of nitrogens with zero attached hydrogens (tertiary/aromatic N) is 2. The number of nitrogens with one attached hydrogen (secondary N) is 2. The van der Waals surface area contributed by atoms with Gasteiger partial charge >= 0.3 is 5.69 Å². The molecule has 0 aliphatic heterocycles. The lowest BCUT2D eigenvalue weighted by Crippen LogP contribution is -2.35. The van der Waals surface area contributed by atoms with Crippen LogP contribution < -0.4 is 10.1 Å². The molecular weight excluding hydrogens is 348 g/mol. The number of H-pyrrole nitrogens is 1. The van der Waals surface area contributed by atoms with Crippen LogP contribution >= 0.6 is 0 Å². The second kappa shape index (κ2) is 7.86. The van der Waals surface area contributed by atoms with Gasteiger partial charge in [-0.15, -0.1) is 0 Å². The van der Waals surface area contributed by atoms with Crippen LogP contribution in [0.1, 0.15) is 25.7 Å². The van der Waals surface area contributed by atoms with Crippen molar-refractivity contribution >= 4 is 22.6 Å². The zero-order valence-electron chi connectivity index (χ0n) is 15.0. The minimum atomic E-state index is -0.543. The molecule has 8 nitrogen and oxygen atoms in total. The summed E-state index contributed by atoms with van der Waals surface area (Å²) in [6.45, 7) is 3.62. The van der Waals surface area contributed by atoms with Crippen LogP contribution in [0.2, 0.25) is 0 Å². The van der Waals surface area contributed by atoms with E-state index in [1.54, 1.807) is 12.1 Å². The van der Waals surface area contributed by atoms with E-state index in [4.69, 9.17) is 4.74 Å². The van der Waals surface area contributed by atoms with Crippen LogP contribution in [0.5, 0.6) is 5.75 Å². The summed E-state index contributed by atoms with van der Waals surface area (Å²) in [6.07, 6.45) is 0. The quantitative estimate of drug-likeness (QED) is 0.491. The summed E-state index contributed by atoms with van der Waals surface area (Å²) in [5, 5.41) is 13.9. The fourth-order valence-electron chi connectivity index (χ4n) is 2.76. The van der Waals surface area contributed by atoms with Crippen molar-refractivity contribution < 1.29 is 14.5 Å². The highest BCUT2D eigenvalue weighted by atomic mass is 16.6. The first-order valence-electron chi connectivity index (χ1n) is 8.56. The second-order valence-electron chi connectivity index (χ2n) is 6.44. The van der Waals surface area contributed by atoms with E-state index in [-0.39, 0.29) is 35.9 Å². The Morgan fingerprint density at radius 3 is 2.63 bits per heavy atom. The molecule has 27 heavy (non-hydrogen) atoms. The lowest BCUT2D eigenvalue weighted by molar-refractivity contribution is -0.385. The molecule has 2 aromatic carbocycles. The molecule has 0 aliphatic carbocycles. The number of amides is 1. The van der Waals surface area contributed by atoms with Gasteiger partial charge in [-0.2, -0.15) is 0 Å². The van der Waals surface area contributed by atoms with Crippen LogP contribution in [0, 0.1) is 16.0 Å². The number of fused-ring (bicyclic) bond motifs is 1. The largest absolute Gasteiger partial charge is 0.477 e. The summed E-state index contributed by atoms with van der Waals surface area (Å²) in [6, 6.07) is 13.2. The number of nitro groups is 1. The molecule has 0 fully saturated rings. The van der Waals surface area contributed by atoms with E-state index in [9.17, 15) is 14.9 Å². The summed E-state index contributed by atoms with van der Waals surface area (Å²) < 4.78 is 5.35. The molecule has 0 saturated carbocycles. The Labute approximate surface area is 155 Å². The zero-order chi connectivity index (χ0) is 19.4. The number of rotatable bonds is 7. The van der Waals surface area contributed by atoms with Gasteiger partial charge in [-0.3, -0.25) is 14.9 Å². The van der Waals surface area contributed by atoms with Crippen molar-refractivity contribution in [1.29, 1.82) is 0 Å². The van der Waals surface area contributed by atoms with Gasteiger partial charge in [0.15, 0.2) is 12.4 Å². The summed E-state index contributed by atoms with van der Waals surface area (Å²) >= 11 is 0. The van der Waals surface area contributed by atoms with Crippen molar-refractivity contribution in [2.75, 3.05) is 6.61 Å². The van der Waals surface area contributed by atoms with E-state index < -0.39 is 4.92 Å². The highest BCUT2D eigenvalue weighted by molar-refractivity contribution is 5.79. The van der Waals surface area contributed by atoms with E-state index in [1.165, 1.54) is 12.1 Å². The maximum Gasteiger partial charge on any atom is 0.310 e. The fraction of sp³-hybridized carbons (Fsp3) is 0.263. The number of hydrogen-bond acceptors (Lipinski definition) is 5. The molecule has 1 atom stereocenters. The summed E-state index contributed by atoms with van der Waals surface area (Å²) in [5.74, 6) is 0.417. The van der Waals surface area contributed by atoms with Crippen LogP contribution in [-0.4, -0.2) is 27.4 Å². The van der Waals surface area contributed by atoms with E-state index in [1.807, 2.05) is 38.1 Å². The van der Waals surface area contributed by atoms with Crippen LogP contribution in [0.3, 0.4) is 0 Å². The number of aromatic amines is 1. The lowest BCUT2D eigenvalue weighted by atomic mass is 10.0. The Kier molecular flexibility index (Phi) is 5.35. The first-order valence-corrected chi connectivity index (χ1v) is 8.56. The Morgan fingerprint density at radius 2 is 1.93 bits per heavy atom. The minimum Gasteiger partial charge on any atom is -0.477 e. The number of ether oxygens (including phenoxy) is 1. The molecule has 2 N–H and O–H groups in total. The average molecular weight is 368 g/mol. The minimum absolute atomic E-state index is 0.0579. The third-order valence-corrected chi connectivity index (χ3v) is 4.11. The lowest BCUT2D eigenvalue weighted by Gasteiger charge is -2.20. The Morgan fingerprint density at radius 1 is 1.22 bits per heavy atom. The normalized spacial score (nSPS) is 12.1. The predicted molar refractivity (Wildman–Crippen MR) is 100 cm³/mol. The first-order chi connectivity index (χ1) is 13.0. The molecule has 8 heteroatoms. The fourth-order valence-corrected chi connectivity index (χ4v) is 2.76. The van der Waals surface area contributed by atoms with E-state index in [0.717, 1.165) is 11.0 Å². The van der Waals surface area contributed by atoms with Gasteiger partial charge in [0.2, 0.25) is 0 Å². The number of hydrogen-bond donors (Lipinski definition) is 2. The Balaban J connectivity index is 1.70. The number of carbonyl (C=O) groups excluding carboxylic acids is 1. The van der Waals surface area contributed by atoms with Gasteiger partial charge < -0.3 is 15.0 Å². The monoisotopic (exact) mass is 368 g/mol. The molecule has 1 aromatic heterocycles. The van der Waals surface area contributed by atoms with E-state index in [2.05, 4.69) is 15.3 Å². The van der Waals surface area contributed by atoms with Crippen LogP contribution in [0.15, 0.2) is 48.5 Å². The van der Waals surface area contributed by atoms with Gasteiger partial charge in [-0.1, -0.05) is 38.1 Å². The summed E-state index contributed by atoms with van der Waals surface area (Å²) in [5.41, 5.74) is 1.54. The first kappa shape index (κ1) is 18.4. The van der Waals surface area contributed by atoms with E-state index in [0.29, 0.717) is 5.82 Å². The van der Waals surface area contributed by atoms with Gasteiger partial charge in [0.25, 0.3) is 5.91 Å². The maximum atomic E-state index is 12.4. The molecule has 0 saturated heterocycles. The smallest absolute Gasteiger partial charge is 0.310 e. The zero-order valence-corrected chi connectivity index (χ0v) is 15.0. The third kappa shape index (κ3) is 4.22. The molecular formula is C19H20N4O4. The molecule has 0 aliphatic rings. The number of aromatic nitrogens is 2. The van der Waals surface area contributed by atoms with Crippen molar-refractivity contribution in [3.05, 3.63) is 64.5 Å². The maximum absolute atomic E-state index is 12.4. The van der Waals surface area contributed by atoms with Gasteiger partial charge in [-0.05, 0) is 24.1 Å². The van der Waals surface area contributed by atoms with Crippen molar-refractivity contribution in [3.63, 3.8) is 0 Å². The molecule has 0 radical (unpaired) electrons. The number of carbonyl (C=O) groups is 1. The number of para-hydroxylation sites is 4. The van der Waals surface area contributed by atoms with Gasteiger partial charge in [-0.25, -0.2) is 4.98 Å².